The Morgan fingerprint density at radius 2 is 1.81 bits per heavy atom. The number of hydrogen-bond acceptors (Lipinski definition) is 6. The highest BCUT2D eigenvalue weighted by molar-refractivity contribution is 7.97. The van der Waals surface area contributed by atoms with E-state index < -0.39 is 0 Å². The van der Waals surface area contributed by atoms with Gasteiger partial charge in [0.1, 0.15) is 5.82 Å². The van der Waals surface area contributed by atoms with Crippen LogP contribution in [-0.2, 0) is 0 Å². The zero-order valence-electron chi connectivity index (χ0n) is 20.5. The molecule has 2 aliphatic rings. The number of nitrogen functional groups attached to an aromatic ring is 1. The number of fused-ring (bicyclic) bond motifs is 1. The van der Waals surface area contributed by atoms with Gasteiger partial charge in [0.15, 0.2) is 0 Å². The number of carbonyl (C=O) groups is 1. The third-order valence-electron chi connectivity index (χ3n) is 6.06. The van der Waals surface area contributed by atoms with E-state index in [-0.39, 0.29) is 23.7 Å². The largest absolute Gasteiger partial charge is 0.384 e. The average molecular weight is 459 g/mol. The lowest BCUT2D eigenvalue weighted by Gasteiger charge is -2.46. The normalized spacial score (nSPS) is 21.7. The second-order valence-electron chi connectivity index (χ2n) is 9.20. The molecule has 1 saturated heterocycles. The summed E-state index contributed by atoms with van der Waals surface area (Å²) in [4.78, 5) is 24.4. The monoisotopic (exact) mass is 458 g/mol. The van der Waals surface area contributed by atoms with Gasteiger partial charge in [-0.05, 0) is 69.8 Å². The van der Waals surface area contributed by atoms with Crippen LogP contribution in [0.5, 0.6) is 0 Å². The molecule has 1 aromatic carbocycles. The second kappa shape index (κ2) is 9.75. The molecule has 0 spiro atoms. The molecular weight excluding hydrogens is 420 g/mol. The highest BCUT2D eigenvalue weighted by Gasteiger charge is 2.37. The van der Waals surface area contributed by atoms with Crippen molar-refractivity contribution >= 4 is 40.4 Å². The smallest absolute Gasteiger partial charge is 0.320 e. The topological polar surface area (TPSA) is 77.7 Å². The number of amides is 2. The fourth-order valence-electron chi connectivity index (χ4n) is 4.13. The summed E-state index contributed by atoms with van der Waals surface area (Å²) in [6.07, 6.45) is 2.42. The van der Waals surface area contributed by atoms with Gasteiger partial charge in [0.05, 0.1) is 5.52 Å². The maximum absolute atomic E-state index is 12.6. The van der Waals surface area contributed by atoms with E-state index in [2.05, 4.69) is 53.6 Å². The average Bonchev–Trinajstić information content (AvgIpc) is 3.49. The number of benzene rings is 1. The minimum Gasteiger partial charge on any atom is -0.384 e. The second-order valence-corrected chi connectivity index (χ2v) is 10.1. The van der Waals surface area contributed by atoms with Crippen molar-refractivity contribution in [3.8, 4) is 0 Å². The van der Waals surface area contributed by atoms with E-state index in [1.54, 1.807) is 16.8 Å². The number of urea groups is 1. The van der Waals surface area contributed by atoms with Crippen molar-refractivity contribution in [3.63, 3.8) is 0 Å². The molecule has 4 rings (SSSR count). The lowest BCUT2D eigenvalue weighted by atomic mass is 10.1. The van der Waals surface area contributed by atoms with Crippen LogP contribution < -0.4 is 15.4 Å². The number of aromatic nitrogens is 1. The van der Waals surface area contributed by atoms with Gasteiger partial charge in [-0.25, -0.2) is 9.78 Å². The summed E-state index contributed by atoms with van der Waals surface area (Å²) >= 11 is 1.67. The van der Waals surface area contributed by atoms with Crippen LogP contribution in [0.4, 0.5) is 16.3 Å². The Labute approximate surface area is 196 Å². The third kappa shape index (κ3) is 5.23. The fourth-order valence-corrected chi connectivity index (χ4v) is 5.04. The van der Waals surface area contributed by atoms with E-state index in [0.29, 0.717) is 5.82 Å². The number of hydrogen-bond donors (Lipinski definition) is 2. The lowest BCUT2D eigenvalue weighted by Crippen LogP contribution is -2.60. The molecule has 3 N–H and O–H groups in total. The molecule has 2 atom stereocenters. The molecule has 176 valence electrons. The summed E-state index contributed by atoms with van der Waals surface area (Å²) in [5.41, 5.74) is 8.28. The van der Waals surface area contributed by atoms with Gasteiger partial charge in [-0.2, -0.15) is 0 Å². The van der Waals surface area contributed by atoms with Crippen molar-refractivity contribution in [3.05, 3.63) is 24.3 Å². The van der Waals surface area contributed by atoms with Gasteiger partial charge in [0.25, 0.3) is 0 Å². The first-order valence-corrected chi connectivity index (χ1v) is 12.4. The zero-order chi connectivity index (χ0) is 23.6. The Morgan fingerprint density at radius 1 is 1.19 bits per heavy atom. The van der Waals surface area contributed by atoms with Gasteiger partial charge in [-0.3, -0.25) is 4.72 Å². The molecule has 7 nitrogen and oxygen atoms in total. The summed E-state index contributed by atoms with van der Waals surface area (Å²) in [5, 5.41) is 1.10. The van der Waals surface area contributed by atoms with Crippen molar-refractivity contribution < 1.29 is 4.79 Å². The van der Waals surface area contributed by atoms with E-state index in [1.807, 2.05) is 38.9 Å². The van der Waals surface area contributed by atoms with Crippen LogP contribution >= 0.6 is 11.9 Å². The van der Waals surface area contributed by atoms with Crippen molar-refractivity contribution in [1.82, 2.24) is 19.5 Å². The van der Waals surface area contributed by atoms with Crippen LogP contribution in [0.3, 0.4) is 0 Å². The Morgan fingerprint density at radius 3 is 2.38 bits per heavy atom. The van der Waals surface area contributed by atoms with Gasteiger partial charge in [-0.1, -0.05) is 13.8 Å². The van der Waals surface area contributed by atoms with Crippen LogP contribution in [0.15, 0.2) is 29.2 Å². The predicted molar refractivity (Wildman–Crippen MR) is 136 cm³/mol. The Balaban J connectivity index is 0.00000141. The summed E-state index contributed by atoms with van der Waals surface area (Å²) in [6, 6.07) is 8.56. The number of nitrogens with one attached hydrogen (secondary N) is 1. The maximum Gasteiger partial charge on any atom is 0.320 e. The molecule has 2 amide bonds. The zero-order valence-corrected chi connectivity index (χ0v) is 21.3. The molecule has 0 bridgehead atoms. The summed E-state index contributed by atoms with van der Waals surface area (Å²) in [6.45, 7) is 12.1. The minimum absolute atomic E-state index is 0.0696. The molecule has 2 aromatic rings. The minimum atomic E-state index is 0.0696. The highest BCUT2D eigenvalue weighted by Crippen LogP contribution is 2.39. The first-order chi connectivity index (χ1) is 15.2. The van der Waals surface area contributed by atoms with Gasteiger partial charge in [0.2, 0.25) is 0 Å². The molecule has 1 aliphatic heterocycles. The molecule has 0 radical (unpaired) electrons. The molecule has 2 heterocycles. The van der Waals surface area contributed by atoms with Crippen LogP contribution in [0.1, 0.15) is 47.5 Å². The molecule has 1 aliphatic carbocycles. The number of nitrogens with zero attached hydrogens (tertiary/aromatic N) is 4. The maximum atomic E-state index is 12.6. The molecule has 1 unspecified atom stereocenters. The first kappa shape index (κ1) is 24.5. The van der Waals surface area contributed by atoms with Gasteiger partial charge in [-0.15, -0.1) is 0 Å². The Hall–Kier alpha value is -2.19. The van der Waals surface area contributed by atoms with E-state index in [0.717, 1.165) is 34.6 Å². The number of rotatable bonds is 4. The quantitative estimate of drug-likeness (QED) is 0.654. The highest BCUT2D eigenvalue weighted by atomic mass is 32.2. The molecular formula is C24H38N6OS. The Bertz CT molecular complexity index is 949. The summed E-state index contributed by atoms with van der Waals surface area (Å²) in [5.74, 6) is 0.529. The van der Waals surface area contributed by atoms with Crippen LogP contribution in [0.2, 0.25) is 0 Å². The van der Waals surface area contributed by atoms with Crippen LogP contribution in [0.25, 0.3) is 10.9 Å². The molecule has 2 fully saturated rings. The molecule has 1 aromatic heterocycles. The third-order valence-corrected chi connectivity index (χ3v) is 7.12. The number of nitrogens with two attached hydrogens (primary N) is 1. The number of piperazine rings is 1. The van der Waals surface area contributed by atoms with E-state index in [9.17, 15) is 4.79 Å². The number of pyridine rings is 1. The SMILES string of the molecule is CC.CC1CN(c2cc(SNC3(C)CC3)cc3nc(N)ccc23)C[C@H](C)N1C(=O)N(C)C. The van der Waals surface area contributed by atoms with Crippen LogP contribution in [0, 0.1) is 0 Å². The lowest BCUT2D eigenvalue weighted by molar-refractivity contribution is 0.120. The molecule has 8 heteroatoms. The van der Waals surface area contributed by atoms with Crippen molar-refractivity contribution in [2.24, 2.45) is 0 Å². The van der Waals surface area contributed by atoms with E-state index in [4.69, 9.17) is 5.73 Å². The Kier molecular flexibility index (Phi) is 7.45. The van der Waals surface area contributed by atoms with E-state index >= 15 is 0 Å². The predicted octanol–water partition coefficient (Wildman–Crippen LogP) is 4.57. The van der Waals surface area contributed by atoms with Gasteiger partial charge < -0.3 is 20.4 Å². The first-order valence-electron chi connectivity index (χ1n) is 11.6. The van der Waals surface area contributed by atoms with Crippen molar-refractivity contribution in [1.29, 1.82) is 0 Å². The van der Waals surface area contributed by atoms with Gasteiger partial charge in [0, 0.05) is 60.8 Å². The molecule has 1 saturated carbocycles. The van der Waals surface area contributed by atoms with Gasteiger partial charge >= 0.3 is 6.03 Å². The summed E-state index contributed by atoms with van der Waals surface area (Å²) in [7, 11) is 3.62. The summed E-state index contributed by atoms with van der Waals surface area (Å²) < 4.78 is 3.59. The number of carbonyl (C=O) groups excluding carboxylic acids is 1. The fraction of sp³-hybridized carbons (Fsp3) is 0.583. The number of anilines is 2. The van der Waals surface area contributed by atoms with Crippen LogP contribution in [-0.4, -0.2) is 65.6 Å². The van der Waals surface area contributed by atoms with Crippen molar-refractivity contribution in [2.45, 2.75) is 70.0 Å². The van der Waals surface area contributed by atoms with E-state index in [1.165, 1.54) is 12.8 Å². The standard InChI is InChI=1S/C22H32N6OS.C2H6/c1-14-12-27(13-15(2)28(14)21(29)26(4)5)19-11-16(30-25-22(3)8-9-22)10-18-17(19)6-7-20(23)24-18;1-2/h6-7,10-11,14-15,25H,8-9,12-13H2,1-5H3,(H2,23,24);1-2H3/t14-,15?;/m0./s1. The molecule has 32 heavy (non-hydrogen) atoms. The van der Waals surface area contributed by atoms with Crippen molar-refractivity contribution in [2.75, 3.05) is 37.8 Å².